The fraction of sp³-hybridized carbons (Fsp3) is 0.143. The van der Waals surface area contributed by atoms with Crippen LogP contribution >= 0.6 is 38.9 Å². The van der Waals surface area contributed by atoms with E-state index in [9.17, 15) is 0 Å². The Balaban J connectivity index is 1.74. The Bertz CT molecular complexity index is 744. The molecule has 0 aliphatic heterocycles. The van der Waals surface area contributed by atoms with Crippen molar-refractivity contribution in [2.75, 3.05) is 11.9 Å². The van der Waals surface area contributed by atoms with Crippen LogP contribution in [0.4, 0.5) is 5.69 Å². The predicted molar refractivity (Wildman–Crippen MR) is 88.8 cm³/mol. The predicted octanol–water partition coefficient (Wildman–Crippen LogP) is 4.76. The number of hydrogen-bond acceptors (Lipinski definition) is 4. The molecule has 0 atom stereocenters. The summed E-state index contributed by atoms with van der Waals surface area (Å²) in [5.74, 6) is 0. The Kier molecular flexibility index (Phi) is 4.19. The van der Waals surface area contributed by atoms with E-state index < -0.39 is 0 Å². The summed E-state index contributed by atoms with van der Waals surface area (Å²) in [4.78, 5) is 10.0. The number of halogens is 2. The van der Waals surface area contributed by atoms with Crippen LogP contribution in [0.2, 0.25) is 4.34 Å². The van der Waals surface area contributed by atoms with Crippen molar-refractivity contribution < 1.29 is 0 Å². The molecule has 0 aliphatic rings. The van der Waals surface area contributed by atoms with E-state index in [1.165, 1.54) is 4.88 Å². The molecule has 0 fully saturated rings. The number of anilines is 1. The molecule has 102 valence electrons. The fourth-order valence-electron chi connectivity index (χ4n) is 1.95. The molecule has 3 aromatic rings. The van der Waals surface area contributed by atoms with E-state index in [4.69, 9.17) is 11.6 Å². The third-order valence-electron chi connectivity index (χ3n) is 2.86. The van der Waals surface area contributed by atoms with Crippen molar-refractivity contribution >= 4 is 55.6 Å². The van der Waals surface area contributed by atoms with Gasteiger partial charge < -0.3 is 5.32 Å². The molecular formula is C14H11BrClN3S. The molecular weight excluding hydrogens is 358 g/mol. The van der Waals surface area contributed by atoms with E-state index in [0.29, 0.717) is 0 Å². The van der Waals surface area contributed by atoms with Gasteiger partial charge in [-0.05, 0) is 46.6 Å². The van der Waals surface area contributed by atoms with E-state index in [0.717, 1.165) is 38.5 Å². The number of fused-ring (bicyclic) bond motifs is 1. The summed E-state index contributed by atoms with van der Waals surface area (Å²) in [6.45, 7) is 0.841. The number of thiophene rings is 1. The van der Waals surface area contributed by atoms with E-state index >= 15 is 0 Å². The molecule has 0 saturated carbocycles. The van der Waals surface area contributed by atoms with Crippen LogP contribution in [0.25, 0.3) is 11.0 Å². The molecule has 3 heterocycles. The Morgan fingerprint density at radius 3 is 2.95 bits per heavy atom. The van der Waals surface area contributed by atoms with Crippen LogP contribution in [-0.4, -0.2) is 16.5 Å². The van der Waals surface area contributed by atoms with Crippen LogP contribution in [0.3, 0.4) is 0 Å². The molecule has 20 heavy (non-hydrogen) atoms. The molecule has 6 heteroatoms. The minimum atomic E-state index is 0.834. The van der Waals surface area contributed by atoms with E-state index in [-0.39, 0.29) is 0 Å². The molecule has 0 radical (unpaired) electrons. The average molecular weight is 369 g/mol. The number of pyridine rings is 2. The zero-order valence-electron chi connectivity index (χ0n) is 10.4. The van der Waals surface area contributed by atoms with Gasteiger partial charge in [-0.2, -0.15) is 0 Å². The lowest BCUT2D eigenvalue weighted by molar-refractivity contribution is 1.04. The SMILES string of the molecule is Clc1ccc(CCNc2ccnc3cc(Br)cnc23)s1. The minimum Gasteiger partial charge on any atom is -0.383 e. The zero-order valence-corrected chi connectivity index (χ0v) is 13.6. The first-order valence-corrected chi connectivity index (χ1v) is 8.09. The first-order chi connectivity index (χ1) is 9.72. The second-order valence-corrected chi connectivity index (χ2v) is 6.98. The first kappa shape index (κ1) is 13.8. The van der Waals surface area contributed by atoms with E-state index in [1.54, 1.807) is 23.7 Å². The van der Waals surface area contributed by atoms with Crippen LogP contribution in [0, 0.1) is 0 Å². The Morgan fingerprint density at radius 2 is 2.15 bits per heavy atom. The van der Waals surface area contributed by atoms with E-state index in [1.807, 2.05) is 18.2 Å². The quantitative estimate of drug-likeness (QED) is 0.721. The highest BCUT2D eigenvalue weighted by Gasteiger charge is 2.04. The van der Waals surface area contributed by atoms with Gasteiger partial charge in [0.25, 0.3) is 0 Å². The second-order valence-electron chi connectivity index (χ2n) is 4.26. The third kappa shape index (κ3) is 3.11. The summed E-state index contributed by atoms with van der Waals surface area (Å²) in [6.07, 6.45) is 4.52. The lowest BCUT2D eigenvalue weighted by atomic mass is 10.2. The van der Waals surface area contributed by atoms with Gasteiger partial charge in [-0.15, -0.1) is 11.3 Å². The molecule has 0 aliphatic carbocycles. The maximum atomic E-state index is 5.92. The van der Waals surface area contributed by atoms with E-state index in [2.05, 4.69) is 37.3 Å². The molecule has 3 rings (SSSR count). The summed E-state index contributed by atoms with van der Waals surface area (Å²) < 4.78 is 1.77. The second kappa shape index (κ2) is 6.08. The van der Waals surface area contributed by atoms with Gasteiger partial charge >= 0.3 is 0 Å². The van der Waals surface area contributed by atoms with Crippen LogP contribution in [-0.2, 0) is 6.42 Å². The number of aromatic nitrogens is 2. The lowest BCUT2D eigenvalue weighted by Crippen LogP contribution is -2.05. The van der Waals surface area contributed by atoms with Gasteiger partial charge in [0.1, 0.15) is 5.52 Å². The molecule has 3 aromatic heterocycles. The zero-order chi connectivity index (χ0) is 13.9. The maximum absolute atomic E-state index is 5.92. The Morgan fingerprint density at radius 1 is 1.25 bits per heavy atom. The van der Waals surface area contributed by atoms with Crippen molar-refractivity contribution in [2.45, 2.75) is 6.42 Å². The Hall–Kier alpha value is -1.17. The Labute approximate surface area is 134 Å². The number of rotatable bonds is 4. The number of nitrogens with zero attached hydrogens (tertiary/aromatic N) is 2. The fourth-order valence-corrected chi connectivity index (χ4v) is 3.36. The van der Waals surface area contributed by atoms with Gasteiger partial charge in [-0.3, -0.25) is 9.97 Å². The highest BCUT2D eigenvalue weighted by molar-refractivity contribution is 9.10. The van der Waals surface area contributed by atoms with Crippen molar-refractivity contribution in [1.29, 1.82) is 0 Å². The molecule has 0 spiro atoms. The van der Waals surface area contributed by atoms with Crippen molar-refractivity contribution in [2.24, 2.45) is 0 Å². The summed E-state index contributed by atoms with van der Waals surface area (Å²) >= 11 is 11.0. The number of hydrogen-bond donors (Lipinski definition) is 1. The molecule has 3 nitrogen and oxygen atoms in total. The van der Waals surface area contributed by atoms with Gasteiger partial charge in [-0.25, -0.2) is 0 Å². The molecule has 1 N–H and O–H groups in total. The summed E-state index contributed by atoms with van der Waals surface area (Å²) in [7, 11) is 0. The molecule has 0 bridgehead atoms. The highest BCUT2D eigenvalue weighted by Crippen LogP contribution is 2.24. The standard InChI is InChI=1S/C14H11BrClN3S/c15-9-7-12-14(19-8-9)11(4-6-18-12)17-5-3-10-1-2-13(16)20-10/h1-2,4,6-8H,3,5H2,(H,17,18). The third-order valence-corrected chi connectivity index (χ3v) is 4.58. The van der Waals surface area contributed by atoms with Crippen molar-refractivity contribution in [1.82, 2.24) is 9.97 Å². The molecule has 0 amide bonds. The number of nitrogens with one attached hydrogen (secondary N) is 1. The normalized spacial score (nSPS) is 10.9. The lowest BCUT2D eigenvalue weighted by Gasteiger charge is -2.08. The molecule has 0 aromatic carbocycles. The van der Waals surface area contributed by atoms with Crippen molar-refractivity contribution in [3.63, 3.8) is 0 Å². The highest BCUT2D eigenvalue weighted by atomic mass is 79.9. The molecule has 0 unspecified atom stereocenters. The van der Waals surface area contributed by atoms with Crippen LogP contribution in [0.1, 0.15) is 4.88 Å². The monoisotopic (exact) mass is 367 g/mol. The van der Waals surface area contributed by atoms with Crippen LogP contribution < -0.4 is 5.32 Å². The van der Waals surface area contributed by atoms with Gasteiger partial charge in [0.15, 0.2) is 0 Å². The topological polar surface area (TPSA) is 37.8 Å². The van der Waals surface area contributed by atoms with Crippen LogP contribution in [0.15, 0.2) is 41.1 Å². The summed E-state index contributed by atoms with van der Waals surface area (Å²) in [5.41, 5.74) is 2.77. The maximum Gasteiger partial charge on any atom is 0.112 e. The van der Waals surface area contributed by atoms with Gasteiger partial charge in [-0.1, -0.05) is 11.6 Å². The first-order valence-electron chi connectivity index (χ1n) is 6.11. The largest absolute Gasteiger partial charge is 0.383 e. The average Bonchev–Trinajstić information content (AvgIpc) is 2.84. The van der Waals surface area contributed by atoms with Gasteiger partial charge in [0.2, 0.25) is 0 Å². The van der Waals surface area contributed by atoms with Gasteiger partial charge in [0, 0.05) is 28.3 Å². The minimum absolute atomic E-state index is 0.834. The molecule has 0 saturated heterocycles. The van der Waals surface area contributed by atoms with Gasteiger partial charge in [0.05, 0.1) is 15.5 Å². The summed E-state index contributed by atoms with van der Waals surface area (Å²) in [6, 6.07) is 7.91. The van der Waals surface area contributed by atoms with Crippen molar-refractivity contribution in [3.05, 3.63) is 50.3 Å². The summed E-state index contributed by atoms with van der Waals surface area (Å²) in [5, 5.41) is 3.41. The van der Waals surface area contributed by atoms with Crippen molar-refractivity contribution in [3.8, 4) is 0 Å². The smallest absolute Gasteiger partial charge is 0.112 e. The van der Waals surface area contributed by atoms with Crippen LogP contribution in [0.5, 0.6) is 0 Å².